The molecule has 0 saturated carbocycles. The van der Waals surface area contributed by atoms with Gasteiger partial charge in [-0.1, -0.05) is 5.16 Å². The number of aliphatic hydroxyl groups is 1. The van der Waals surface area contributed by atoms with Gasteiger partial charge in [-0.05, 0) is 37.3 Å². The number of nitrogens with zero attached hydrogens (tertiary/aromatic N) is 2. The highest BCUT2D eigenvalue weighted by Gasteiger charge is 2.19. The summed E-state index contributed by atoms with van der Waals surface area (Å²) in [6.45, 7) is -0.181. The molecule has 5 nitrogen and oxygen atoms in total. The third kappa shape index (κ3) is 2.07. The summed E-state index contributed by atoms with van der Waals surface area (Å²) in [6, 6.07) is 1.57. The van der Waals surface area contributed by atoms with E-state index in [9.17, 15) is 0 Å². The average molecular weight is 265 g/mol. The first-order valence-electron chi connectivity index (χ1n) is 6.10. The van der Waals surface area contributed by atoms with Crippen molar-refractivity contribution in [1.82, 2.24) is 10.1 Å². The predicted molar refractivity (Wildman–Crippen MR) is 68.3 cm³/mol. The van der Waals surface area contributed by atoms with Crippen LogP contribution in [0.5, 0.6) is 0 Å². The smallest absolute Gasteiger partial charge is 0.268 e. The highest BCUT2D eigenvalue weighted by molar-refractivity contribution is 7.15. The molecule has 3 N–H and O–H groups in total. The molecule has 1 aliphatic carbocycles. The summed E-state index contributed by atoms with van der Waals surface area (Å²) in [5.74, 6) is 0.868. The van der Waals surface area contributed by atoms with E-state index in [-0.39, 0.29) is 6.61 Å². The molecular formula is C12H15N3O2S. The number of aryl methyl sites for hydroxylation is 2. The van der Waals surface area contributed by atoms with Crippen LogP contribution in [0.1, 0.15) is 35.1 Å². The number of thiophene rings is 1. The van der Waals surface area contributed by atoms with Crippen molar-refractivity contribution in [3.63, 3.8) is 0 Å². The van der Waals surface area contributed by atoms with Crippen molar-refractivity contribution in [2.24, 2.45) is 5.73 Å². The first-order chi connectivity index (χ1) is 8.78. The van der Waals surface area contributed by atoms with Gasteiger partial charge in [0.25, 0.3) is 5.89 Å². The quantitative estimate of drug-likeness (QED) is 0.881. The van der Waals surface area contributed by atoms with E-state index in [1.807, 2.05) is 0 Å². The molecule has 96 valence electrons. The van der Waals surface area contributed by atoms with Gasteiger partial charge in [0.15, 0.2) is 5.82 Å². The molecule has 0 fully saturated rings. The molecule has 0 bridgehead atoms. The van der Waals surface area contributed by atoms with Crippen molar-refractivity contribution in [3.05, 3.63) is 22.3 Å². The predicted octanol–water partition coefficient (Wildman–Crippen LogP) is 1.67. The summed E-state index contributed by atoms with van der Waals surface area (Å²) in [6.07, 6.45) is 4.81. The van der Waals surface area contributed by atoms with Crippen LogP contribution >= 0.6 is 11.3 Å². The fraction of sp³-hybridized carbons (Fsp3) is 0.500. The zero-order chi connectivity index (χ0) is 12.5. The molecule has 0 amide bonds. The maximum absolute atomic E-state index is 8.96. The highest BCUT2D eigenvalue weighted by Crippen LogP contribution is 2.35. The second-order valence-corrected chi connectivity index (χ2v) is 5.65. The van der Waals surface area contributed by atoms with Crippen molar-refractivity contribution < 1.29 is 9.63 Å². The second kappa shape index (κ2) is 4.79. The maximum Gasteiger partial charge on any atom is 0.268 e. The topological polar surface area (TPSA) is 85.2 Å². The fourth-order valence-corrected chi connectivity index (χ4v) is 3.34. The third-order valence-electron chi connectivity index (χ3n) is 3.18. The van der Waals surface area contributed by atoms with Gasteiger partial charge in [0.05, 0.1) is 17.5 Å². The first-order valence-corrected chi connectivity index (χ1v) is 6.91. The molecule has 2 aromatic rings. The molecule has 0 spiro atoms. The number of aliphatic hydroxyl groups excluding tert-OH is 1. The molecule has 2 heterocycles. The van der Waals surface area contributed by atoms with Crippen molar-refractivity contribution in [2.45, 2.75) is 31.7 Å². The summed E-state index contributed by atoms with van der Waals surface area (Å²) < 4.78 is 5.21. The SMILES string of the molecule is NC(CO)c1noc(-c2cc3c(s2)CCCC3)n1. The lowest BCUT2D eigenvalue weighted by atomic mass is 9.99. The lowest BCUT2D eigenvalue weighted by Gasteiger charge is -2.08. The van der Waals surface area contributed by atoms with E-state index < -0.39 is 6.04 Å². The lowest BCUT2D eigenvalue weighted by molar-refractivity contribution is 0.260. The number of hydrogen-bond acceptors (Lipinski definition) is 6. The molecule has 6 heteroatoms. The van der Waals surface area contributed by atoms with Crippen LogP contribution in [0.2, 0.25) is 0 Å². The Morgan fingerprint density at radius 2 is 2.28 bits per heavy atom. The molecule has 3 rings (SSSR count). The molecule has 0 aliphatic heterocycles. The van der Waals surface area contributed by atoms with Crippen molar-refractivity contribution in [1.29, 1.82) is 0 Å². The molecule has 0 radical (unpaired) electrons. The van der Waals surface area contributed by atoms with Crippen molar-refractivity contribution in [3.8, 4) is 10.8 Å². The second-order valence-electron chi connectivity index (χ2n) is 4.51. The van der Waals surface area contributed by atoms with Crippen molar-refractivity contribution in [2.75, 3.05) is 6.61 Å². The lowest BCUT2D eigenvalue weighted by Crippen LogP contribution is -2.15. The Balaban J connectivity index is 1.90. The van der Waals surface area contributed by atoms with E-state index in [0.717, 1.165) is 17.7 Å². The Kier molecular flexibility index (Phi) is 3.15. The van der Waals surface area contributed by atoms with E-state index >= 15 is 0 Å². The van der Waals surface area contributed by atoms with Crippen LogP contribution in [-0.2, 0) is 12.8 Å². The van der Waals surface area contributed by atoms with Gasteiger partial charge >= 0.3 is 0 Å². The van der Waals surface area contributed by atoms with E-state index in [1.165, 1.54) is 23.3 Å². The van der Waals surface area contributed by atoms with Gasteiger partial charge in [0, 0.05) is 4.88 Å². The number of hydrogen-bond donors (Lipinski definition) is 2. The zero-order valence-corrected chi connectivity index (χ0v) is 10.7. The minimum Gasteiger partial charge on any atom is -0.394 e. The number of aromatic nitrogens is 2. The largest absolute Gasteiger partial charge is 0.394 e. The number of rotatable bonds is 3. The normalized spacial score (nSPS) is 16.6. The molecule has 1 aliphatic rings. The summed E-state index contributed by atoms with van der Waals surface area (Å²) >= 11 is 1.72. The minimum atomic E-state index is -0.572. The van der Waals surface area contributed by atoms with Crippen LogP contribution in [0.25, 0.3) is 10.8 Å². The molecule has 0 saturated heterocycles. The van der Waals surface area contributed by atoms with Crippen LogP contribution in [0.15, 0.2) is 10.6 Å². The Morgan fingerprint density at radius 1 is 1.44 bits per heavy atom. The Hall–Kier alpha value is -1.24. The summed E-state index contributed by atoms with van der Waals surface area (Å²) in [5.41, 5.74) is 7.06. The molecular weight excluding hydrogens is 250 g/mol. The minimum absolute atomic E-state index is 0.181. The van der Waals surface area contributed by atoms with E-state index in [4.69, 9.17) is 15.4 Å². The Morgan fingerprint density at radius 3 is 3.06 bits per heavy atom. The number of fused-ring (bicyclic) bond motifs is 1. The first kappa shape index (κ1) is 11.8. The van der Waals surface area contributed by atoms with Gasteiger partial charge in [-0.15, -0.1) is 11.3 Å². The van der Waals surface area contributed by atoms with Crippen LogP contribution in [0, 0.1) is 0 Å². The standard InChI is InChI=1S/C12H15N3O2S/c13-8(6-16)11-14-12(17-15-11)10-5-7-3-1-2-4-9(7)18-10/h5,8,16H,1-4,6,13H2. The maximum atomic E-state index is 8.96. The van der Waals surface area contributed by atoms with Gasteiger partial charge < -0.3 is 15.4 Å². The highest BCUT2D eigenvalue weighted by atomic mass is 32.1. The van der Waals surface area contributed by atoms with Crippen LogP contribution in [-0.4, -0.2) is 21.9 Å². The van der Waals surface area contributed by atoms with Gasteiger partial charge in [-0.25, -0.2) is 0 Å². The monoisotopic (exact) mass is 265 g/mol. The average Bonchev–Trinajstić information content (AvgIpc) is 3.03. The van der Waals surface area contributed by atoms with E-state index in [1.54, 1.807) is 11.3 Å². The van der Waals surface area contributed by atoms with Gasteiger partial charge in [0.2, 0.25) is 0 Å². The summed E-state index contributed by atoms with van der Waals surface area (Å²) in [5, 5.41) is 12.8. The molecule has 1 unspecified atom stereocenters. The number of nitrogens with two attached hydrogens (primary N) is 1. The zero-order valence-electron chi connectivity index (χ0n) is 9.93. The molecule has 0 aromatic carbocycles. The van der Waals surface area contributed by atoms with Gasteiger partial charge in [-0.2, -0.15) is 4.98 Å². The van der Waals surface area contributed by atoms with Gasteiger partial charge in [0.1, 0.15) is 0 Å². The van der Waals surface area contributed by atoms with Crippen LogP contribution in [0.3, 0.4) is 0 Å². The Bertz CT molecular complexity index is 526. The molecule has 18 heavy (non-hydrogen) atoms. The molecule has 2 aromatic heterocycles. The van der Waals surface area contributed by atoms with Gasteiger partial charge in [-0.3, -0.25) is 0 Å². The van der Waals surface area contributed by atoms with Crippen LogP contribution < -0.4 is 5.73 Å². The summed E-state index contributed by atoms with van der Waals surface area (Å²) in [7, 11) is 0. The van der Waals surface area contributed by atoms with Crippen LogP contribution in [0.4, 0.5) is 0 Å². The third-order valence-corrected chi connectivity index (χ3v) is 4.40. The van der Waals surface area contributed by atoms with E-state index in [2.05, 4.69) is 16.2 Å². The Labute approximate surface area is 109 Å². The van der Waals surface area contributed by atoms with E-state index in [0.29, 0.717) is 11.7 Å². The summed E-state index contributed by atoms with van der Waals surface area (Å²) in [4.78, 5) is 6.68. The fourth-order valence-electron chi connectivity index (χ4n) is 2.16. The molecule has 1 atom stereocenters. The van der Waals surface area contributed by atoms with Crippen molar-refractivity contribution >= 4 is 11.3 Å².